The average molecular weight is 460 g/mol. The topological polar surface area (TPSA) is 62.2 Å². The normalized spacial score (nSPS) is 16.9. The number of hydrogen-bond donors (Lipinski definition) is 2. The molecule has 2 N–H and O–H groups in total. The highest BCUT2D eigenvalue weighted by atomic mass is 16.1. The number of amides is 1. The quantitative estimate of drug-likeness (QED) is 0.477. The standard InChI is InChI=1S/C28H37N5O/c1-7-28(8-2,21-14-16-22(17-15-21)32(5)6)31-26(34)23-19-29-33-25(23)30-24(18-27(33,3)4)20-12-10-9-11-13-20/h9-17,19,24,30H,7-8,18H2,1-6H3,(H,31,34). The van der Waals surface area contributed by atoms with Crippen LogP contribution in [-0.2, 0) is 11.1 Å². The van der Waals surface area contributed by atoms with Gasteiger partial charge in [0.05, 0.1) is 23.3 Å². The zero-order chi connectivity index (χ0) is 24.5. The summed E-state index contributed by atoms with van der Waals surface area (Å²) < 4.78 is 1.97. The summed E-state index contributed by atoms with van der Waals surface area (Å²) in [5.74, 6) is 0.685. The number of anilines is 2. The molecule has 0 radical (unpaired) electrons. The number of nitrogens with zero attached hydrogens (tertiary/aromatic N) is 3. The van der Waals surface area contributed by atoms with Gasteiger partial charge in [-0.2, -0.15) is 5.10 Å². The van der Waals surface area contributed by atoms with E-state index in [4.69, 9.17) is 0 Å². The first-order chi connectivity index (χ1) is 16.2. The molecule has 2 aromatic carbocycles. The summed E-state index contributed by atoms with van der Waals surface area (Å²) in [7, 11) is 4.06. The summed E-state index contributed by atoms with van der Waals surface area (Å²) in [5.41, 5.74) is 3.40. The van der Waals surface area contributed by atoms with Crippen molar-refractivity contribution in [3.8, 4) is 0 Å². The SMILES string of the molecule is CCC(CC)(NC(=O)c1cnn2c1NC(c1ccccc1)CC2(C)C)c1ccc(N(C)C)cc1. The van der Waals surface area contributed by atoms with E-state index < -0.39 is 5.54 Å². The Morgan fingerprint density at radius 3 is 2.35 bits per heavy atom. The number of carbonyl (C=O) groups is 1. The Labute approximate surface area is 203 Å². The molecule has 1 aromatic heterocycles. The molecule has 180 valence electrons. The van der Waals surface area contributed by atoms with Crippen LogP contribution in [0.4, 0.5) is 11.5 Å². The number of fused-ring (bicyclic) bond motifs is 1. The van der Waals surface area contributed by atoms with Crippen molar-refractivity contribution in [2.24, 2.45) is 0 Å². The largest absolute Gasteiger partial charge is 0.378 e. The third-order valence-electron chi connectivity index (χ3n) is 7.30. The van der Waals surface area contributed by atoms with Gasteiger partial charge in [0.15, 0.2) is 0 Å². The van der Waals surface area contributed by atoms with Gasteiger partial charge in [-0.25, -0.2) is 4.68 Å². The van der Waals surface area contributed by atoms with E-state index in [9.17, 15) is 4.79 Å². The van der Waals surface area contributed by atoms with E-state index in [1.807, 2.05) is 24.8 Å². The lowest BCUT2D eigenvalue weighted by atomic mass is 9.84. The number of nitrogens with one attached hydrogen (secondary N) is 2. The van der Waals surface area contributed by atoms with Gasteiger partial charge in [-0.15, -0.1) is 0 Å². The van der Waals surface area contributed by atoms with Crippen LogP contribution in [0.3, 0.4) is 0 Å². The molecule has 0 spiro atoms. The molecule has 1 atom stereocenters. The van der Waals surface area contributed by atoms with Crippen molar-refractivity contribution < 1.29 is 4.79 Å². The monoisotopic (exact) mass is 459 g/mol. The number of benzene rings is 2. The van der Waals surface area contributed by atoms with Crippen LogP contribution in [0.1, 0.15) is 74.5 Å². The molecule has 0 saturated heterocycles. The smallest absolute Gasteiger partial charge is 0.257 e. The van der Waals surface area contributed by atoms with Crippen LogP contribution in [0.15, 0.2) is 60.8 Å². The minimum absolute atomic E-state index is 0.0985. The average Bonchev–Trinajstić information content (AvgIpc) is 3.28. The Hall–Kier alpha value is -3.28. The van der Waals surface area contributed by atoms with Gasteiger partial charge in [-0.1, -0.05) is 56.3 Å². The van der Waals surface area contributed by atoms with Crippen LogP contribution < -0.4 is 15.5 Å². The fourth-order valence-corrected chi connectivity index (χ4v) is 5.07. The number of hydrogen-bond acceptors (Lipinski definition) is 4. The Bertz CT molecular complexity index is 1130. The predicted octanol–water partition coefficient (Wildman–Crippen LogP) is 5.69. The van der Waals surface area contributed by atoms with Gasteiger partial charge >= 0.3 is 0 Å². The molecule has 1 aliphatic heterocycles. The van der Waals surface area contributed by atoms with Crippen LogP contribution in [0.5, 0.6) is 0 Å². The van der Waals surface area contributed by atoms with Crippen LogP contribution in [0, 0.1) is 0 Å². The first-order valence-electron chi connectivity index (χ1n) is 12.2. The fourth-order valence-electron chi connectivity index (χ4n) is 5.07. The van der Waals surface area contributed by atoms with Crippen molar-refractivity contribution >= 4 is 17.4 Å². The van der Waals surface area contributed by atoms with Crippen LogP contribution in [0.2, 0.25) is 0 Å². The van der Waals surface area contributed by atoms with E-state index in [-0.39, 0.29) is 17.5 Å². The molecule has 2 heterocycles. The fraction of sp³-hybridized carbons (Fsp3) is 0.429. The molecule has 0 aliphatic carbocycles. The van der Waals surface area contributed by atoms with E-state index in [2.05, 4.69) is 96.9 Å². The van der Waals surface area contributed by atoms with Crippen LogP contribution in [-0.4, -0.2) is 29.8 Å². The van der Waals surface area contributed by atoms with E-state index in [1.165, 1.54) is 5.56 Å². The maximum Gasteiger partial charge on any atom is 0.257 e. The van der Waals surface area contributed by atoms with E-state index in [1.54, 1.807) is 6.20 Å². The van der Waals surface area contributed by atoms with Gasteiger partial charge in [0.25, 0.3) is 5.91 Å². The second-order valence-electron chi connectivity index (χ2n) is 10.1. The maximum atomic E-state index is 13.7. The third kappa shape index (κ3) is 4.29. The molecular formula is C28H37N5O. The second-order valence-corrected chi connectivity index (χ2v) is 10.1. The number of carbonyl (C=O) groups excluding carboxylic acids is 1. The van der Waals surface area contributed by atoms with E-state index in [0.29, 0.717) is 5.56 Å². The Balaban J connectivity index is 1.65. The molecule has 1 aliphatic rings. The Morgan fingerprint density at radius 1 is 1.12 bits per heavy atom. The van der Waals surface area contributed by atoms with Crippen molar-refractivity contribution in [1.29, 1.82) is 0 Å². The van der Waals surface area contributed by atoms with Gasteiger partial charge in [-0.3, -0.25) is 4.79 Å². The zero-order valence-electron chi connectivity index (χ0n) is 21.2. The molecule has 4 rings (SSSR count). The van der Waals surface area contributed by atoms with Gasteiger partial charge < -0.3 is 15.5 Å². The maximum absolute atomic E-state index is 13.7. The summed E-state index contributed by atoms with van der Waals surface area (Å²) in [6.07, 6.45) is 4.19. The van der Waals surface area contributed by atoms with Crippen molar-refractivity contribution in [1.82, 2.24) is 15.1 Å². The third-order valence-corrected chi connectivity index (χ3v) is 7.30. The first-order valence-corrected chi connectivity index (χ1v) is 12.2. The first kappa shape index (κ1) is 23.9. The molecule has 3 aromatic rings. The lowest BCUT2D eigenvalue weighted by Crippen LogP contribution is -2.45. The molecule has 6 nitrogen and oxygen atoms in total. The Morgan fingerprint density at radius 2 is 1.76 bits per heavy atom. The summed E-state index contributed by atoms with van der Waals surface area (Å²) in [6, 6.07) is 19.0. The van der Waals surface area contributed by atoms with Gasteiger partial charge in [0, 0.05) is 19.8 Å². The highest BCUT2D eigenvalue weighted by Crippen LogP contribution is 2.40. The number of rotatable bonds is 7. The molecule has 0 saturated carbocycles. The summed E-state index contributed by atoms with van der Waals surface area (Å²) in [4.78, 5) is 15.8. The molecule has 0 bridgehead atoms. The van der Waals surface area contributed by atoms with Gasteiger partial charge in [0.1, 0.15) is 11.4 Å². The van der Waals surface area contributed by atoms with Gasteiger partial charge in [-0.05, 0) is 56.4 Å². The molecular weight excluding hydrogens is 422 g/mol. The van der Waals surface area contributed by atoms with Crippen LogP contribution >= 0.6 is 0 Å². The van der Waals surface area contributed by atoms with Crippen molar-refractivity contribution in [2.75, 3.05) is 24.3 Å². The molecule has 0 fully saturated rings. The summed E-state index contributed by atoms with van der Waals surface area (Å²) in [5, 5.41) is 11.6. The lowest BCUT2D eigenvalue weighted by molar-refractivity contribution is 0.0890. The zero-order valence-corrected chi connectivity index (χ0v) is 21.2. The lowest BCUT2D eigenvalue weighted by Gasteiger charge is -2.38. The highest BCUT2D eigenvalue weighted by molar-refractivity contribution is 5.99. The molecule has 6 heteroatoms. The van der Waals surface area contributed by atoms with Gasteiger partial charge in [0.2, 0.25) is 0 Å². The van der Waals surface area contributed by atoms with Crippen molar-refractivity contribution in [3.63, 3.8) is 0 Å². The highest BCUT2D eigenvalue weighted by Gasteiger charge is 2.38. The van der Waals surface area contributed by atoms with Crippen molar-refractivity contribution in [3.05, 3.63) is 77.5 Å². The van der Waals surface area contributed by atoms with Crippen molar-refractivity contribution in [2.45, 2.75) is 64.1 Å². The summed E-state index contributed by atoms with van der Waals surface area (Å²) in [6.45, 7) is 8.61. The number of aromatic nitrogens is 2. The van der Waals surface area contributed by atoms with E-state index >= 15 is 0 Å². The Kier molecular flexibility index (Phi) is 6.43. The molecule has 1 unspecified atom stereocenters. The van der Waals surface area contributed by atoms with E-state index in [0.717, 1.165) is 36.3 Å². The predicted molar refractivity (Wildman–Crippen MR) is 139 cm³/mol. The molecule has 1 amide bonds. The molecule has 34 heavy (non-hydrogen) atoms. The van der Waals surface area contributed by atoms with Crippen LogP contribution in [0.25, 0.3) is 0 Å². The minimum atomic E-state index is -0.445. The minimum Gasteiger partial charge on any atom is -0.378 e. The second kappa shape index (κ2) is 9.16. The summed E-state index contributed by atoms with van der Waals surface area (Å²) >= 11 is 0.